The van der Waals surface area contributed by atoms with Gasteiger partial charge in [0.25, 0.3) is 0 Å². The summed E-state index contributed by atoms with van der Waals surface area (Å²) in [6, 6.07) is 2.19. The molecule has 0 unspecified atom stereocenters. The van der Waals surface area contributed by atoms with Crippen molar-refractivity contribution in [2.24, 2.45) is 0 Å². The van der Waals surface area contributed by atoms with E-state index < -0.39 is 17.3 Å². The number of hydrogen-bond donors (Lipinski definition) is 1. The van der Waals surface area contributed by atoms with Gasteiger partial charge in [0.15, 0.2) is 0 Å². The van der Waals surface area contributed by atoms with Crippen LogP contribution in [0.25, 0.3) is 5.57 Å². The molecule has 2 heterocycles. The van der Waals surface area contributed by atoms with E-state index in [0.29, 0.717) is 24.5 Å². The molecule has 0 fully saturated rings. The number of anilines is 1. The van der Waals surface area contributed by atoms with Crippen molar-refractivity contribution < 1.29 is 13.2 Å². The minimum Gasteiger partial charge on any atom is -0.370 e. The Kier molecular flexibility index (Phi) is 4.91. The molecule has 0 saturated carbocycles. The van der Waals surface area contributed by atoms with Gasteiger partial charge in [-0.1, -0.05) is 6.08 Å². The lowest BCUT2D eigenvalue weighted by atomic mass is 10.1. The molecule has 1 aliphatic rings. The molecule has 6 nitrogen and oxygen atoms in total. The minimum atomic E-state index is -4.44. The molecule has 0 bridgehead atoms. The molecule has 2 aromatic rings. The molecule has 0 aliphatic heterocycles. The molecule has 28 heavy (non-hydrogen) atoms. The van der Waals surface area contributed by atoms with Crippen molar-refractivity contribution in [1.29, 1.82) is 5.26 Å². The van der Waals surface area contributed by atoms with E-state index in [0.717, 1.165) is 17.3 Å². The van der Waals surface area contributed by atoms with Crippen LogP contribution in [-0.2, 0) is 18.4 Å². The Morgan fingerprint density at radius 2 is 2.00 bits per heavy atom. The number of halogens is 3. The molecule has 2 aromatic heterocycles. The first-order valence-corrected chi connectivity index (χ1v) is 8.95. The molecule has 0 amide bonds. The summed E-state index contributed by atoms with van der Waals surface area (Å²) in [5, 5.41) is 16.6. The SMILES string of the molecule is CCNc1nc(Cc2cn(C(C)(C)C#N)nc2C)nc2c1C(C(F)(F)F)=CC2. The van der Waals surface area contributed by atoms with Crippen LogP contribution in [0.4, 0.5) is 19.0 Å². The average Bonchev–Trinajstić information content (AvgIpc) is 3.20. The van der Waals surface area contributed by atoms with Crippen LogP contribution in [-0.4, -0.2) is 32.5 Å². The van der Waals surface area contributed by atoms with E-state index in [9.17, 15) is 18.4 Å². The molecule has 9 heteroatoms. The standard InChI is InChI=1S/C19H21F3N6/c1-5-24-17-16-13(19(20,21)22)6-7-14(16)25-15(26-17)8-12-9-28(27-11(12)2)18(3,4)10-23/h6,9H,5,7-8H2,1-4H3,(H,24,25,26). The van der Waals surface area contributed by atoms with E-state index in [1.807, 2.05) is 6.92 Å². The molecule has 1 N–H and O–H groups in total. The molecule has 3 rings (SSSR count). The lowest BCUT2D eigenvalue weighted by Gasteiger charge is -2.16. The summed E-state index contributed by atoms with van der Waals surface area (Å²) in [5.41, 5.74) is 0.471. The Morgan fingerprint density at radius 3 is 2.61 bits per heavy atom. The van der Waals surface area contributed by atoms with Gasteiger partial charge in [-0.2, -0.15) is 23.5 Å². The third kappa shape index (κ3) is 3.59. The lowest BCUT2D eigenvalue weighted by Crippen LogP contribution is -2.24. The number of aryl methyl sites for hydroxylation is 1. The highest BCUT2D eigenvalue weighted by Gasteiger charge is 2.40. The molecule has 148 valence electrons. The molecule has 0 atom stereocenters. The normalized spacial score (nSPS) is 13.9. The number of rotatable bonds is 5. The van der Waals surface area contributed by atoms with Crippen molar-refractivity contribution in [3.8, 4) is 6.07 Å². The number of nitrogens with zero attached hydrogens (tertiary/aromatic N) is 5. The van der Waals surface area contributed by atoms with Crippen LogP contribution in [0.1, 0.15) is 49.1 Å². The van der Waals surface area contributed by atoms with Crippen LogP contribution in [0, 0.1) is 18.3 Å². The van der Waals surface area contributed by atoms with Crippen LogP contribution in [0.5, 0.6) is 0 Å². The predicted octanol–water partition coefficient (Wildman–Crippen LogP) is 3.76. The highest BCUT2D eigenvalue weighted by Crippen LogP contribution is 2.42. The van der Waals surface area contributed by atoms with Gasteiger partial charge in [0.1, 0.15) is 17.2 Å². The second-order valence-electron chi connectivity index (χ2n) is 7.19. The van der Waals surface area contributed by atoms with E-state index in [-0.39, 0.29) is 17.8 Å². The first-order chi connectivity index (χ1) is 13.1. The van der Waals surface area contributed by atoms with Crippen molar-refractivity contribution in [3.05, 3.63) is 40.6 Å². The molecule has 0 spiro atoms. The zero-order valence-electron chi connectivity index (χ0n) is 16.1. The molecular formula is C19H21F3N6. The molecule has 0 aromatic carbocycles. The minimum absolute atomic E-state index is 0.0381. The van der Waals surface area contributed by atoms with Crippen LogP contribution in [0.3, 0.4) is 0 Å². The van der Waals surface area contributed by atoms with Crippen molar-refractivity contribution in [2.45, 2.75) is 52.3 Å². The van der Waals surface area contributed by atoms with Crippen LogP contribution in [0.2, 0.25) is 0 Å². The Labute approximate surface area is 161 Å². The predicted molar refractivity (Wildman–Crippen MR) is 98.6 cm³/mol. The first-order valence-electron chi connectivity index (χ1n) is 8.95. The zero-order chi connectivity index (χ0) is 20.7. The number of alkyl halides is 3. The van der Waals surface area contributed by atoms with E-state index in [4.69, 9.17) is 0 Å². The Bertz CT molecular complexity index is 979. The number of nitriles is 1. The van der Waals surface area contributed by atoms with Crippen LogP contribution in [0.15, 0.2) is 12.3 Å². The Hall–Kier alpha value is -2.89. The van der Waals surface area contributed by atoms with E-state index in [1.165, 1.54) is 0 Å². The molecular weight excluding hydrogens is 369 g/mol. The fourth-order valence-corrected chi connectivity index (χ4v) is 3.10. The number of allylic oxidation sites excluding steroid dienone is 2. The quantitative estimate of drug-likeness (QED) is 0.841. The van der Waals surface area contributed by atoms with Gasteiger partial charge in [-0.25, -0.2) is 9.97 Å². The number of fused-ring (bicyclic) bond motifs is 1. The van der Waals surface area contributed by atoms with Crippen molar-refractivity contribution in [3.63, 3.8) is 0 Å². The van der Waals surface area contributed by atoms with Gasteiger partial charge >= 0.3 is 6.18 Å². The summed E-state index contributed by atoms with van der Waals surface area (Å²) in [6.45, 7) is 7.58. The second-order valence-corrected chi connectivity index (χ2v) is 7.19. The van der Waals surface area contributed by atoms with E-state index >= 15 is 0 Å². The largest absolute Gasteiger partial charge is 0.416 e. The third-order valence-electron chi connectivity index (χ3n) is 4.64. The smallest absolute Gasteiger partial charge is 0.370 e. The van der Waals surface area contributed by atoms with Crippen LogP contribution >= 0.6 is 0 Å². The summed E-state index contributed by atoms with van der Waals surface area (Å²) < 4.78 is 41.5. The van der Waals surface area contributed by atoms with Crippen molar-refractivity contribution in [2.75, 3.05) is 11.9 Å². The average molecular weight is 390 g/mol. The van der Waals surface area contributed by atoms with Gasteiger partial charge in [0.05, 0.1) is 28.6 Å². The Balaban J connectivity index is 1.98. The summed E-state index contributed by atoms with van der Waals surface area (Å²) in [7, 11) is 0. The first kappa shape index (κ1) is 19.9. The summed E-state index contributed by atoms with van der Waals surface area (Å²) in [4.78, 5) is 8.74. The fraction of sp³-hybridized carbons (Fsp3) is 0.474. The number of aromatic nitrogens is 4. The zero-order valence-corrected chi connectivity index (χ0v) is 16.1. The van der Waals surface area contributed by atoms with Gasteiger partial charge in [-0.3, -0.25) is 4.68 Å². The number of nitrogens with one attached hydrogen (secondary N) is 1. The Morgan fingerprint density at radius 1 is 1.29 bits per heavy atom. The van der Waals surface area contributed by atoms with Gasteiger partial charge in [-0.15, -0.1) is 0 Å². The number of hydrogen-bond acceptors (Lipinski definition) is 5. The van der Waals surface area contributed by atoms with Crippen LogP contribution < -0.4 is 5.32 Å². The summed E-state index contributed by atoms with van der Waals surface area (Å²) in [6.07, 6.45) is -1.08. The molecule has 1 aliphatic carbocycles. The lowest BCUT2D eigenvalue weighted by molar-refractivity contribution is -0.0687. The van der Waals surface area contributed by atoms with Gasteiger partial charge in [-0.05, 0) is 27.7 Å². The van der Waals surface area contributed by atoms with Crippen molar-refractivity contribution in [1.82, 2.24) is 19.7 Å². The maximum Gasteiger partial charge on any atom is 0.416 e. The van der Waals surface area contributed by atoms with Gasteiger partial charge in [0, 0.05) is 31.1 Å². The summed E-state index contributed by atoms with van der Waals surface area (Å²) in [5.74, 6) is 0.620. The second kappa shape index (κ2) is 6.93. The maximum absolute atomic E-state index is 13.3. The van der Waals surface area contributed by atoms with Crippen molar-refractivity contribution >= 4 is 11.4 Å². The van der Waals surface area contributed by atoms with E-state index in [1.54, 1.807) is 31.6 Å². The van der Waals surface area contributed by atoms with E-state index in [2.05, 4.69) is 26.5 Å². The third-order valence-corrected chi connectivity index (χ3v) is 4.64. The van der Waals surface area contributed by atoms with Gasteiger partial charge in [0.2, 0.25) is 0 Å². The fourth-order valence-electron chi connectivity index (χ4n) is 3.10. The monoisotopic (exact) mass is 390 g/mol. The maximum atomic E-state index is 13.3. The molecule has 0 radical (unpaired) electrons. The highest BCUT2D eigenvalue weighted by atomic mass is 19.4. The topological polar surface area (TPSA) is 79.4 Å². The molecule has 0 saturated heterocycles. The van der Waals surface area contributed by atoms with Gasteiger partial charge < -0.3 is 5.32 Å². The highest BCUT2D eigenvalue weighted by molar-refractivity contribution is 5.82. The summed E-state index contributed by atoms with van der Waals surface area (Å²) >= 11 is 0.